The molecule has 0 bridgehead atoms. The Kier molecular flexibility index (Phi) is 10.7. The van der Waals surface area contributed by atoms with Crippen molar-refractivity contribution < 1.29 is 33.3 Å². The summed E-state index contributed by atoms with van der Waals surface area (Å²) in [6.45, 7) is 3.77. The van der Waals surface area contributed by atoms with Crippen LogP contribution in [0, 0.1) is 19.3 Å². The first-order valence-electron chi connectivity index (χ1n) is 11.8. The van der Waals surface area contributed by atoms with E-state index in [0.717, 1.165) is 0 Å². The lowest BCUT2D eigenvalue weighted by Crippen LogP contribution is -2.45. The molecular formula is C25H30N4O8. The average Bonchev–Trinajstić information content (AvgIpc) is 2.86. The third-order valence-electron chi connectivity index (χ3n) is 5.44. The van der Waals surface area contributed by atoms with Gasteiger partial charge in [0.2, 0.25) is 17.7 Å². The molecule has 0 saturated carbocycles. The molecular weight excluding hydrogens is 484 g/mol. The number of hydrogen-bond donors (Lipinski definition) is 2. The van der Waals surface area contributed by atoms with Crippen molar-refractivity contribution in [3.05, 3.63) is 34.4 Å². The molecule has 1 fully saturated rings. The highest BCUT2D eigenvalue weighted by Crippen LogP contribution is 2.23. The zero-order valence-electron chi connectivity index (χ0n) is 20.6. The van der Waals surface area contributed by atoms with Crippen molar-refractivity contribution >= 4 is 34.3 Å². The summed E-state index contributed by atoms with van der Waals surface area (Å²) in [7, 11) is 0. The topological polar surface area (TPSA) is 147 Å². The lowest BCUT2D eigenvalue weighted by atomic mass is 10.1. The van der Waals surface area contributed by atoms with E-state index in [2.05, 4.69) is 21.5 Å². The molecule has 1 aromatic heterocycles. The fourth-order valence-electron chi connectivity index (χ4n) is 3.77. The number of nitrogens with one attached hydrogen (secondary N) is 2. The zero-order chi connectivity index (χ0) is 26.6. The second kappa shape index (κ2) is 14.2. The molecule has 1 aromatic carbocycles. The van der Waals surface area contributed by atoms with Gasteiger partial charge in [-0.25, -0.2) is 4.98 Å². The van der Waals surface area contributed by atoms with Crippen molar-refractivity contribution in [3.8, 4) is 12.3 Å². The number of fused-ring (bicyclic) bond motifs is 1. The van der Waals surface area contributed by atoms with Crippen LogP contribution in [0.4, 0.5) is 5.69 Å². The van der Waals surface area contributed by atoms with Crippen LogP contribution in [0.25, 0.3) is 10.9 Å². The number of rotatable bonds is 14. The third kappa shape index (κ3) is 7.93. The van der Waals surface area contributed by atoms with Gasteiger partial charge in [0.15, 0.2) is 0 Å². The molecule has 1 aliphatic rings. The van der Waals surface area contributed by atoms with Crippen molar-refractivity contribution in [2.45, 2.75) is 25.8 Å². The zero-order valence-corrected chi connectivity index (χ0v) is 20.6. The molecule has 1 saturated heterocycles. The SMILES string of the molecule is C#CCOCCOCCOCCOCC(=O)Nc1cccc2c(=O)n(C3CCC(=O)NC3=O)c(C)nc12. The van der Waals surface area contributed by atoms with Crippen LogP contribution in [-0.4, -0.2) is 80.1 Å². The number of hydrogen-bond acceptors (Lipinski definition) is 9. The number of para-hydroxylation sites is 1. The quantitative estimate of drug-likeness (QED) is 0.207. The number of aryl methyl sites for hydroxylation is 1. The van der Waals surface area contributed by atoms with E-state index in [1.165, 1.54) is 4.57 Å². The first-order chi connectivity index (χ1) is 17.9. The predicted molar refractivity (Wildman–Crippen MR) is 133 cm³/mol. The van der Waals surface area contributed by atoms with Crippen molar-refractivity contribution in [2.75, 3.05) is 58.2 Å². The maximum absolute atomic E-state index is 13.2. The molecule has 1 atom stereocenters. The van der Waals surface area contributed by atoms with Gasteiger partial charge in [-0.15, -0.1) is 6.42 Å². The smallest absolute Gasteiger partial charge is 0.262 e. The van der Waals surface area contributed by atoms with Crippen molar-refractivity contribution in [1.29, 1.82) is 0 Å². The second-order valence-electron chi connectivity index (χ2n) is 8.09. The molecule has 1 unspecified atom stereocenters. The summed E-state index contributed by atoms with van der Waals surface area (Å²) in [5.41, 5.74) is 0.224. The monoisotopic (exact) mass is 514 g/mol. The summed E-state index contributed by atoms with van der Waals surface area (Å²) in [5, 5.41) is 5.21. The Morgan fingerprint density at radius 1 is 1.11 bits per heavy atom. The van der Waals surface area contributed by atoms with E-state index in [-0.39, 0.29) is 44.0 Å². The Morgan fingerprint density at radius 3 is 2.46 bits per heavy atom. The van der Waals surface area contributed by atoms with Crippen LogP contribution in [0.15, 0.2) is 23.0 Å². The first kappa shape index (κ1) is 27.9. The maximum atomic E-state index is 13.2. The Balaban J connectivity index is 1.48. The molecule has 2 heterocycles. The molecule has 0 spiro atoms. The molecule has 198 valence electrons. The third-order valence-corrected chi connectivity index (χ3v) is 5.44. The number of terminal acetylenes is 1. The number of imide groups is 1. The maximum Gasteiger partial charge on any atom is 0.262 e. The number of anilines is 1. The second-order valence-corrected chi connectivity index (χ2v) is 8.09. The minimum atomic E-state index is -0.824. The van der Waals surface area contributed by atoms with Crippen LogP contribution >= 0.6 is 0 Å². The number of piperidine rings is 1. The fraction of sp³-hybridized carbons (Fsp3) is 0.480. The van der Waals surface area contributed by atoms with Gasteiger partial charge in [-0.1, -0.05) is 12.0 Å². The summed E-state index contributed by atoms with van der Waals surface area (Å²) in [6, 6.07) is 3.99. The van der Waals surface area contributed by atoms with Crippen molar-refractivity contribution in [1.82, 2.24) is 14.9 Å². The molecule has 37 heavy (non-hydrogen) atoms. The van der Waals surface area contributed by atoms with Crippen molar-refractivity contribution in [3.63, 3.8) is 0 Å². The number of aromatic nitrogens is 2. The van der Waals surface area contributed by atoms with Gasteiger partial charge in [-0.2, -0.15) is 0 Å². The Hall–Kier alpha value is -3.63. The summed E-state index contributed by atoms with van der Waals surface area (Å²) < 4.78 is 22.4. The Bertz CT molecular complexity index is 1220. The highest BCUT2D eigenvalue weighted by atomic mass is 16.6. The molecule has 2 N–H and O–H groups in total. The highest BCUT2D eigenvalue weighted by molar-refractivity contribution is 6.01. The van der Waals surface area contributed by atoms with Gasteiger partial charge in [0.1, 0.15) is 30.6 Å². The molecule has 1 aliphatic heterocycles. The summed E-state index contributed by atoms with van der Waals surface area (Å²) in [5.74, 6) is 1.34. The number of amides is 3. The predicted octanol–water partition coefficient (Wildman–Crippen LogP) is 0.321. The standard InChI is InChI=1S/C25H30N4O8/c1-3-9-34-10-11-35-12-13-36-14-15-37-16-22(31)27-19-6-4-5-18-23(19)26-17(2)29(25(18)33)20-7-8-21(30)28-24(20)32/h1,4-6,20H,7-16H2,2H3,(H,27,31)(H,28,30,32). The van der Waals surface area contributed by atoms with Gasteiger partial charge in [0.25, 0.3) is 5.56 Å². The molecule has 3 amide bonds. The van der Waals surface area contributed by atoms with Crippen LogP contribution in [0.1, 0.15) is 24.7 Å². The Labute approximate surface area is 213 Å². The lowest BCUT2D eigenvalue weighted by molar-refractivity contribution is -0.135. The van der Waals surface area contributed by atoms with E-state index in [9.17, 15) is 19.2 Å². The van der Waals surface area contributed by atoms with E-state index in [1.54, 1.807) is 25.1 Å². The number of benzene rings is 1. The van der Waals surface area contributed by atoms with E-state index in [0.29, 0.717) is 50.1 Å². The van der Waals surface area contributed by atoms with Crippen LogP contribution in [0.3, 0.4) is 0 Å². The summed E-state index contributed by atoms with van der Waals surface area (Å²) >= 11 is 0. The normalized spacial score (nSPS) is 15.4. The van der Waals surface area contributed by atoms with Crippen molar-refractivity contribution in [2.24, 2.45) is 0 Å². The van der Waals surface area contributed by atoms with Gasteiger partial charge < -0.3 is 24.3 Å². The number of carbonyl (C=O) groups is 3. The highest BCUT2D eigenvalue weighted by Gasteiger charge is 2.30. The molecule has 0 radical (unpaired) electrons. The summed E-state index contributed by atoms with van der Waals surface area (Å²) in [4.78, 5) is 53.8. The molecule has 12 heteroatoms. The molecule has 12 nitrogen and oxygen atoms in total. The van der Waals surface area contributed by atoms with Crippen LogP contribution in [0.5, 0.6) is 0 Å². The van der Waals surface area contributed by atoms with Gasteiger partial charge in [0.05, 0.1) is 50.7 Å². The van der Waals surface area contributed by atoms with Crippen LogP contribution in [-0.2, 0) is 33.3 Å². The van der Waals surface area contributed by atoms with Gasteiger partial charge in [-0.3, -0.25) is 29.1 Å². The number of ether oxygens (including phenoxy) is 4. The molecule has 0 aliphatic carbocycles. The minimum Gasteiger partial charge on any atom is -0.377 e. The first-order valence-corrected chi connectivity index (χ1v) is 11.8. The number of carbonyl (C=O) groups excluding carboxylic acids is 3. The van der Waals surface area contributed by atoms with Crippen LogP contribution in [0.2, 0.25) is 0 Å². The Morgan fingerprint density at radius 2 is 1.78 bits per heavy atom. The fourth-order valence-corrected chi connectivity index (χ4v) is 3.77. The average molecular weight is 515 g/mol. The van der Waals surface area contributed by atoms with Gasteiger partial charge in [0, 0.05) is 6.42 Å². The van der Waals surface area contributed by atoms with Crippen LogP contribution < -0.4 is 16.2 Å². The largest absolute Gasteiger partial charge is 0.377 e. The summed E-state index contributed by atoms with van der Waals surface area (Å²) in [6.07, 6.45) is 5.42. The van der Waals surface area contributed by atoms with E-state index in [4.69, 9.17) is 25.4 Å². The van der Waals surface area contributed by atoms with E-state index in [1.807, 2.05) is 0 Å². The van der Waals surface area contributed by atoms with E-state index < -0.39 is 23.4 Å². The number of nitrogens with zero attached hydrogens (tertiary/aromatic N) is 2. The minimum absolute atomic E-state index is 0.137. The van der Waals surface area contributed by atoms with Gasteiger partial charge in [-0.05, 0) is 25.5 Å². The molecule has 3 rings (SSSR count). The lowest BCUT2D eigenvalue weighted by Gasteiger charge is -2.24. The molecule has 2 aromatic rings. The van der Waals surface area contributed by atoms with Gasteiger partial charge >= 0.3 is 0 Å². The van der Waals surface area contributed by atoms with E-state index >= 15 is 0 Å².